The molecular weight excluding hydrogens is 350 g/mol. The smallest absolute Gasteiger partial charge is 0.165 e. The fraction of sp³-hybridized carbons (Fsp3) is 0.565. The molecule has 152 valence electrons. The maximum Gasteiger partial charge on any atom is 0.165 e. The molecule has 0 aliphatic carbocycles. The number of ketones is 1. The third-order valence-electron chi connectivity index (χ3n) is 6.01. The van der Waals surface area contributed by atoms with Gasteiger partial charge >= 0.3 is 0 Å². The summed E-state index contributed by atoms with van der Waals surface area (Å²) in [6.45, 7) is 9.39. The van der Waals surface area contributed by atoms with Crippen LogP contribution in [0.2, 0.25) is 0 Å². The van der Waals surface area contributed by atoms with Crippen molar-refractivity contribution in [1.29, 1.82) is 0 Å². The molecule has 1 aliphatic heterocycles. The van der Waals surface area contributed by atoms with E-state index >= 15 is 0 Å². The van der Waals surface area contributed by atoms with Gasteiger partial charge in [0.25, 0.3) is 0 Å². The number of carbonyl (C=O) groups is 1. The van der Waals surface area contributed by atoms with Gasteiger partial charge in [0, 0.05) is 47.8 Å². The topological polar surface area (TPSA) is 79.5 Å². The summed E-state index contributed by atoms with van der Waals surface area (Å²) < 4.78 is 0. The number of aliphatic hydroxyl groups is 1. The van der Waals surface area contributed by atoms with E-state index in [0.717, 1.165) is 55.4 Å². The Morgan fingerprint density at radius 1 is 1.36 bits per heavy atom. The highest BCUT2D eigenvalue weighted by molar-refractivity contribution is 6.09. The number of aliphatic hydroxyl groups excluding tert-OH is 1. The van der Waals surface area contributed by atoms with Crippen molar-refractivity contribution < 1.29 is 9.90 Å². The van der Waals surface area contributed by atoms with E-state index in [9.17, 15) is 9.90 Å². The summed E-state index contributed by atoms with van der Waals surface area (Å²) >= 11 is 0. The number of benzene rings is 1. The molecule has 1 aromatic heterocycles. The van der Waals surface area contributed by atoms with Gasteiger partial charge in [-0.2, -0.15) is 0 Å². The molecule has 5 nitrogen and oxygen atoms in total. The highest BCUT2D eigenvalue weighted by Gasteiger charge is 2.26. The lowest BCUT2D eigenvalue weighted by Crippen LogP contribution is -2.41. The zero-order valence-corrected chi connectivity index (χ0v) is 17.4. The highest BCUT2D eigenvalue weighted by Crippen LogP contribution is 2.29. The number of anilines is 1. The second-order valence-electron chi connectivity index (χ2n) is 9.06. The monoisotopic (exact) mass is 383 g/mol. The van der Waals surface area contributed by atoms with Gasteiger partial charge in [-0.25, -0.2) is 0 Å². The van der Waals surface area contributed by atoms with Gasteiger partial charge in [0.2, 0.25) is 0 Å². The van der Waals surface area contributed by atoms with Gasteiger partial charge in [0.05, 0.1) is 5.52 Å². The molecule has 0 bridgehead atoms. The van der Waals surface area contributed by atoms with Crippen molar-refractivity contribution in [2.75, 3.05) is 32.0 Å². The van der Waals surface area contributed by atoms with Gasteiger partial charge < -0.3 is 15.7 Å². The Balaban J connectivity index is 1.59. The summed E-state index contributed by atoms with van der Waals surface area (Å²) in [5, 5.41) is 10.3. The number of hydrogen-bond acceptors (Lipinski definition) is 5. The lowest BCUT2D eigenvalue weighted by atomic mass is 9.88. The maximum atomic E-state index is 12.9. The molecule has 0 atom stereocenters. The first-order valence-electron chi connectivity index (χ1n) is 10.3. The van der Waals surface area contributed by atoms with Crippen LogP contribution < -0.4 is 5.73 Å². The van der Waals surface area contributed by atoms with Crippen molar-refractivity contribution in [2.24, 2.45) is 11.3 Å². The number of fused-ring (bicyclic) bond motifs is 1. The third-order valence-corrected chi connectivity index (χ3v) is 6.01. The number of rotatable bonds is 7. The number of likely N-dealkylation sites (tertiary alicyclic amines) is 1. The number of nitrogens with two attached hydrogens (primary N) is 1. The summed E-state index contributed by atoms with van der Waals surface area (Å²) in [4.78, 5) is 19.8. The van der Waals surface area contributed by atoms with Crippen LogP contribution in [0.25, 0.3) is 10.9 Å². The molecule has 0 unspecified atom stereocenters. The molecule has 2 heterocycles. The molecule has 0 saturated carbocycles. The van der Waals surface area contributed by atoms with Crippen LogP contribution in [0.1, 0.15) is 55.5 Å². The SMILES string of the molecule is Cc1cc(C(=O)CCC2CCN(CC(C)(C)CO)CC2)c2ncccc2c1N. The minimum absolute atomic E-state index is 0.0517. The Morgan fingerprint density at radius 3 is 2.75 bits per heavy atom. The van der Waals surface area contributed by atoms with Crippen LogP contribution in [0.15, 0.2) is 24.4 Å². The molecule has 0 radical (unpaired) electrons. The number of Topliss-reactive ketones (excluding diaryl/α,β-unsaturated/α-hetero) is 1. The Hall–Kier alpha value is -1.98. The molecule has 5 heteroatoms. The van der Waals surface area contributed by atoms with E-state index in [2.05, 4.69) is 23.7 Å². The number of pyridine rings is 1. The molecule has 1 aromatic carbocycles. The quantitative estimate of drug-likeness (QED) is 0.561. The summed E-state index contributed by atoms with van der Waals surface area (Å²) in [5.74, 6) is 0.752. The van der Waals surface area contributed by atoms with Crippen molar-refractivity contribution in [3.63, 3.8) is 0 Å². The first-order valence-corrected chi connectivity index (χ1v) is 10.3. The van der Waals surface area contributed by atoms with Crippen LogP contribution in [0.5, 0.6) is 0 Å². The van der Waals surface area contributed by atoms with Crippen molar-refractivity contribution in [2.45, 2.75) is 46.5 Å². The van der Waals surface area contributed by atoms with Crippen LogP contribution >= 0.6 is 0 Å². The number of nitrogens with zero attached hydrogens (tertiary/aromatic N) is 2. The number of nitrogen functional groups attached to an aromatic ring is 1. The first kappa shape index (κ1) is 20.7. The Bertz CT molecular complexity index is 839. The number of piperidine rings is 1. The maximum absolute atomic E-state index is 12.9. The predicted molar refractivity (Wildman–Crippen MR) is 114 cm³/mol. The summed E-state index contributed by atoms with van der Waals surface area (Å²) in [6.07, 6.45) is 5.44. The molecule has 0 spiro atoms. The highest BCUT2D eigenvalue weighted by atomic mass is 16.3. The van der Waals surface area contributed by atoms with Crippen LogP contribution in [0, 0.1) is 18.3 Å². The fourth-order valence-corrected chi connectivity index (χ4v) is 4.18. The van der Waals surface area contributed by atoms with E-state index in [1.807, 2.05) is 25.1 Å². The second-order valence-corrected chi connectivity index (χ2v) is 9.06. The zero-order valence-electron chi connectivity index (χ0n) is 17.4. The molecule has 1 aliphatic rings. The first-order chi connectivity index (χ1) is 13.3. The van der Waals surface area contributed by atoms with Gasteiger partial charge in [0.15, 0.2) is 5.78 Å². The predicted octanol–water partition coefficient (Wildman–Crippen LogP) is 3.82. The van der Waals surface area contributed by atoms with E-state index in [4.69, 9.17) is 5.73 Å². The molecule has 1 saturated heterocycles. The van der Waals surface area contributed by atoms with Crippen LogP contribution in [-0.2, 0) is 0 Å². The fourth-order valence-electron chi connectivity index (χ4n) is 4.18. The average Bonchev–Trinajstić information content (AvgIpc) is 2.69. The zero-order chi connectivity index (χ0) is 20.3. The van der Waals surface area contributed by atoms with Gasteiger partial charge in [-0.1, -0.05) is 13.8 Å². The lowest BCUT2D eigenvalue weighted by Gasteiger charge is -2.36. The van der Waals surface area contributed by atoms with E-state index < -0.39 is 0 Å². The van der Waals surface area contributed by atoms with Gasteiger partial charge in [-0.05, 0) is 69.0 Å². The average molecular weight is 384 g/mol. The summed E-state index contributed by atoms with van der Waals surface area (Å²) in [5.41, 5.74) is 9.18. The molecule has 3 rings (SSSR count). The van der Waals surface area contributed by atoms with Gasteiger partial charge in [-0.3, -0.25) is 9.78 Å². The summed E-state index contributed by atoms with van der Waals surface area (Å²) in [7, 11) is 0. The van der Waals surface area contributed by atoms with E-state index in [1.54, 1.807) is 6.20 Å². The van der Waals surface area contributed by atoms with E-state index in [1.165, 1.54) is 0 Å². The van der Waals surface area contributed by atoms with Gasteiger partial charge in [-0.15, -0.1) is 0 Å². The van der Waals surface area contributed by atoms with Crippen molar-refractivity contribution in [1.82, 2.24) is 9.88 Å². The molecular formula is C23H33N3O2. The minimum Gasteiger partial charge on any atom is -0.398 e. The number of carbonyl (C=O) groups excluding carboxylic acids is 1. The number of aryl methyl sites for hydroxylation is 1. The van der Waals surface area contributed by atoms with Crippen LogP contribution in [-0.4, -0.2) is 47.0 Å². The number of hydrogen-bond donors (Lipinski definition) is 2. The molecule has 0 amide bonds. The van der Waals surface area contributed by atoms with Crippen LogP contribution in [0.3, 0.4) is 0 Å². The molecule has 28 heavy (non-hydrogen) atoms. The number of aromatic nitrogens is 1. The standard InChI is InChI=1S/C23H33N3O2/c1-16-13-19(22-18(21(16)24)5-4-10-25-22)20(28)7-6-17-8-11-26(12-9-17)14-23(2,3)15-27/h4-5,10,13,17,27H,6-9,11-12,14-15,24H2,1-3H3. The molecule has 3 N–H and O–H groups in total. The Kier molecular flexibility index (Phi) is 6.36. The van der Waals surface area contributed by atoms with Crippen molar-refractivity contribution in [3.8, 4) is 0 Å². The van der Waals surface area contributed by atoms with Crippen molar-refractivity contribution >= 4 is 22.4 Å². The summed E-state index contributed by atoms with van der Waals surface area (Å²) in [6, 6.07) is 5.69. The van der Waals surface area contributed by atoms with E-state index in [-0.39, 0.29) is 17.8 Å². The molecule has 2 aromatic rings. The normalized spacial score (nSPS) is 16.6. The van der Waals surface area contributed by atoms with Crippen LogP contribution in [0.4, 0.5) is 5.69 Å². The van der Waals surface area contributed by atoms with Gasteiger partial charge in [0.1, 0.15) is 0 Å². The van der Waals surface area contributed by atoms with Crippen molar-refractivity contribution in [3.05, 3.63) is 35.5 Å². The lowest BCUT2D eigenvalue weighted by molar-refractivity contribution is 0.0784. The van der Waals surface area contributed by atoms with E-state index in [0.29, 0.717) is 23.6 Å². The largest absolute Gasteiger partial charge is 0.398 e. The minimum atomic E-state index is -0.0517. The Morgan fingerprint density at radius 2 is 2.07 bits per heavy atom. The second kappa shape index (κ2) is 8.58. The molecule has 1 fully saturated rings. The Labute approximate surface area is 167 Å². The third kappa shape index (κ3) is 4.70.